The largest absolute Gasteiger partial charge is 0.490 e. The van der Waals surface area contributed by atoms with Gasteiger partial charge >= 0.3 is 7.12 Å². The standard InChI is InChI=1S/C10H11BN2O3/c1-6-12-9-7(10(14)13(6)2)4-3-5-8(9)11(15)16/h3-5,15-16H,1-2H3. The van der Waals surface area contributed by atoms with Gasteiger partial charge in [0.1, 0.15) is 5.82 Å². The van der Waals surface area contributed by atoms with E-state index >= 15 is 0 Å². The second kappa shape index (κ2) is 3.73. The normalized spacial score (nSPS) is 10.8. The fourth-order valence-electron chi connectivity index (χ4n) is 1.63. The van der Waals surface area contributed by atoms with Crippen LogP contribution in [0.5, 0.6) is 0 Å². The van der Waals surface area contributed by atoms with Gasteiger partial charge in [0, 0.05) is 12.5 Å². The minimum absolute atomic E-state index is 0.190. The van der Waals surface area contributed by atoms with Crippen molar-refractivity contribution >= 4 is 23.5 Å². The maximum absolute atomic E-state index is 11.9. The predicted octanol–water partition coefficient (Wildman–Crippen LogP) is -1.08. The lowest BCUT2D eigenvalue weighted by molar-refractivity contribution is 0.426. The van der Waals surface area contributed by atoms with Crippen molar-refractivity contribution in [3.8, 4) is 0 Å². The van der Waals surface area contributed by atoms with Gasteiger partial charge in [-0.25, -0.2) is 4.98 Å². The lowest BCUT2D eigenvalue weighted by atomic mass is 9.79. The van der Waals surface area contributed by atoms with E-state index in [2.05, 4.69) is 4.98 Å². The van der Waals surface area contributed by atoms with Crippen molar-refractivity contribution < 1.29 is 10.0 Å². The van der Waals surface area contributed by atoms with Crippen molar-refractivity contribution in [1.82, 2.24) is 9.55 Å². The molecule has 2 aromatic rings. The Labute approximate surface area is 92.1 Å². The number of aryl methyl sites for hydroxylation is 1. The van der Waals surface area contributed by atoms with E-state index in [-0.39, 0.29) is 11.0 Å². The third-order valence-corrected chi connectivity index (χ3v) is 2.64. The lowest BCUT2D eigenvalue weighted by Gasteiger charge is -2.08. The number of aromatic nitrogens is 2. The molecule has 0 aliphatic carbocycles. The highest BCUT2D eigenvalue weighted by atomic mass is 16.4. The van der Waals surface area contributed by atoms with Crippen LogP contribution in [-0.4, -0.2) is 26.7 Å². The molecular weight excluding hydrogens is 207 g/mol. The summed E-state index contributed by atoms with van der Waals surface area (Å²) in [6.45, 7) is 1.70. The number of benzene rings is 1. The van der Waals surface area contributed by atoms with Gasteiger partial charge < -0.3 is 10.0 Å². The summed E-state index contributed by atoms with van der Waals surface area (Å²) >= 11 is 0. The number of hydrogen-bond donors (Lipinski definition) is 2. The third kappa shape index (κ3) is 1.52. The molecule has 0 atom stereocenters. The highest BCUT2D eigenvalue weighted by molar-refractivity contribution is 6.61. The highest BCUT2D eigenvalue weighted by Gasteiger charge is 2.17. The van der Waals surface area contributed by atoms with Gasteiger partial charge in [0.2, 0.25) is 0 Å². The Kier molecular flexibility index (Phi) is 2.53. The molecule has 2 N–H and O–H groups in total. The van der Waals surface area contributed by atoms with Crippen LogP contribution in [0.1, 0.15) is 5.82 Å². The van der Waals surface area contributed by atoms with E-state index in [0.717, 1.165) is 0 Å². The molecule has 0 fully saturated rings. The van der Waals surface area contributed by atoms with E-state index < -0.39 is 7.12 Å². The summed E-state index contributed by atoms with van der Waals surface area (Å²) in [5.74, 6) is 0.533. The molecule has 6 heteroatoms. The molecule has 0 amide bonds. The van der Waals surface area contributed by atoms with Gasteiger partial charge in [0.25, 0.3) is 5.56 Å². The first-order chi connectivity index (χ1) is 7.52. The molecule has 5 nitrogen and oxygen atoms in total. The fraction of sp³-hybridized carbons (Fsp3) is 0.200. The van der Waals surface area contributed by atoms with Crippen LogP contribution in [0.15, 0.2) is 23.0 Å². The van der Waals surface area contributed by atoms with Gasteiger partial charge in [0.05, 0.1) is 10.9 Å². The first kappa shape index (κ1) is 10.8. The summed E-state index contributed by atoms with van der Waals surface area (Å²) in [6.07, 6.45) is 0. The molecule has 16 heavy (non-hydrogen) atoms. The maximum atomic E-state index is 11.9. The summed E-state index contributed by atoms with van der Waals surface area (Å²) in [6, 6.07) is 4.77. The molecule has 1 aromatic carbocycles. The first-order valence-corrected chi connectivity index (χ1v) is 4.84. The Balaban J connectivity index is 2.95. The summed E-state index contributed by atoms with van der Waals surface area (Å²) in [5.41, 5.74) is 0.404. The van der Waals surface area contributed by atoms with Crippen LogP contribution in [0.25, 0.3) is 10.9 Å². The molecular formula is C10H11BN2O3. The Hall–Kier alpha value is -1.66. The van der Waals surface area contributed by atoms with Crippen LogP contribution in [0.3, 0.4) is 0 Å². The molecule has 0 bridgehead atoms. The Morgan fingerprint density at radius 1 is 1.38 bits per heavy atom. The van der Waals surface area contributed by atoms with E-state index in [9.17, 15) is 14.8 Å². The predicted molar refractivity (Wildman–Crippen MR) is 61.5 cm³/mol. The zero-order chi connectivity index (χ0) is 11.9. The number of para-hydroxylation sites is 1. The van der Waals surface area contributed by atoms with Crippen LogP contribution in [-0.2, 0) is 7.05 Å². The molecule has 0 saturated carbocycles. The average molecular weight is 218 g/mol. The molecule has 82 valence electrons. The number of nitrogens with zero attached hydrogens (tertiary/aromatic N) is 2. The van der Waals surface area contributed by atoms with Gasteiger partial charge in [-0.1, -0.05) is 12.1 Å². The van der Waals surface area contributed by atoms with Gasteiger partial charge in [-0.2, -0.15) is 0 Å². The molecule has 0 spiro atoms. The van der Waals surface area contributed by atoms with Crippen LogP contribution in [0.2, 0.25) is 0 Å². The van der Waals surface area contributed by atoms with E-state index in [1.165, 1.54) is 4.57 Å². The Bertz CT molecular complexity index is 607. The van der Waals surface area contributed by atoms with Gasteiger partial charge in [0.15, 0.2) is 0 Å². The lowest BCUT2D eigenvalue weighted by Crippen LogP contribution is -2.33. The zero-order valence-electron chi connectivity index (χ0n) is 9.01. The van der Waals surface area contributed by atoms with Crippen molar-refractivity contribution in [2.75, 3.05) is 0 Å². The SMILES string of the molecule is Cc1nc2c(B(O)O)cccc2c(=O)n1C. The minimum Gasteiger partial charge on any atom is -0.423 e. The third-order valence-electron chi connectivity index (χ3n) is 2.64. The van der Waals surface area contributed by atoms with Crippen LogP contribution in [0, 0.1) is 6.92 Å². The first-order valence-electron chi connectivity index (χ1n) is 4.84. The van der Waals surface area contributed by atoms with Crippen molar-refractivity contribution in [3.63, 3.8) is 0 Å². The smallest absolute Gasteiger partial charge is 0.423 e. The van der Waals surface area contributed by atoms with Crippen molar-refractivity contribution in [3.05, 3.63) is 34.4 Å². The monoisotopic (exact) mass is 218 g/mol. The van der Waals surface area contributed by atoms with Gasteiger partial charge in [-0.05, 0) is 13.0 Å². The number of fused-ring (bicyclic) bond motifs is 1. The molecule has 0 unspecified atom stereocenters. The summed E-state index contributed by atoms with van der Waals surface area (Å²) in [5, 5.41) is 18.7. The number of rotatable bonds is 1. The molecule has 0 aliphatic heterocycles. The fourth-order valence-corrected chi connectivity index (χ4v) is 1.63. The molecule has 0 radical (unpaired) electrons. The summed E-state index contributed by atoms with van der Waals surface area (Å²) < 4.78 is 1.43. The van der Waals surface area contributed by atoms with E-state index in [1.54, 1.807) is 32.2 Å². The Morgan fingerprint density at radius 3 is 2.69 bits per heavy atom. The average Bonchev–Trinajstić information content (AvgIpc) is 2.25. The topological polar surface area (TPSA) is 75.4 Å². The molecule has 2 rings (SSSR count). The van der Waals surface area contributed by atoms with Gasteiger partial charge in [-0.15, -0.1) is 0 Å². The van der Waals surface area contributed by atoms with Crippen LogP contribution < -0.4 is 11.0 Å². The Morgan fingerprint density at radius 2 is 2.06 bits per heavy atom. The summed E-state index contributed by atoms with van der Waals surface area (Å²) in [7, 11) is 0.00861. The maximum Gasteiger partial charge on any atom is 0.490 e. The molecule has 1 aromatic heterocycles. The van der Waals surface area contributed by atoms with E-state index in [4.69, 9.17) is 0 Å². The van der Waals surface area contributed by atoms with Crippen molar-refractivity contribution in [1.29, 1.82) is 0 Å². The van der Waals surface area contributed by atoms with Crippen LogP contribution in [0.4, 0.5) is 0 Å². The van der Waals surface area contributed by atoms with E-state index in [1.807, 2.05) is 0 Å². The quantitative estimate of drug-likeness (QED) is 0.597. The molecule has 0 aliphatic rings. The van der Waals surface area contributed by atoms with E-state index in [0.29, 0.717) is 16.7 Å². The summed E-state index contributed by atoms with van der Waals surface area (Å²) in [4.78, 5) is 16.1. The van der Waals surface area contributed by atoms with Crippen LogP contribution >= 0.6 is 0 Å². The molecule has 1 heterocycles. The minimum atomic E-state index is -1.62. The second-order valence-electron chi connectivity index (χ2n) is 3.64. The zero-order valence-corrected chi connectivity index (χ0v) is 9.01. The van der Waals surface area contributed by atoms with Crippen molar-refractivity contribution in [2.24, 2.45) is 7.05 Å². The highest BCUT2D eigenvalue weighted by Crippen LogP contribution is 2.05. The molecule has 0 saturated heterocycles. The second-order valence-corrected chi connectivity index (χ2v) is 3.64. The van der Waals surface area contributed by atoms with Crippen molar-refractivity contribution in [2.45, 2.75) is 6.92 Å². The van der Waals surface area contributed by atoms with Gasteiger partial charge in [-0.3, -0.25) is 9.36 Å². The number of hydrogen-bond acceptors (Lipinski definition) is 4.